The highest BCUT2D eigenvalue weighted by Crippen LogP contribution is 2.23. The maximum atomic E-state index is 6.08. The summed E-state index contributed by atoms with van der Waals surface area (Å²) in [6, 6.07) is 8.11. The summed E-state index contributed by atoms with van der Waals surface area (Å²) in [4.78, 5) is 14.2. The molecule has 1 aromatic carbocycles. The summed E-state index contributed by atoms with van der Waals surface area (Å²) in [5, 5.41) is 0.804. The molecule has 4 rings (SSSR count). The van der Waals surface area contributed by atoms with Gasteiger partial charge in [-0.3, -0.25) is 4.90 Å². The van der Waals surface area contributed by atoms with Crippen molar-refractivity contribution in [3.8, 4) is 0 Å². The molecule has 0 N–H and O–H groups in total. The van der Waals surface area contributed by atoms with Gasteiger partial charge in [-0.25, -0.2) is 9.97 Å². The van der Waals surface area contributed by atoms with Crippen molar-refractivity contribution < 1.29 is 0 Å². The quantitative estimate of drug-likeness (QED) is 0.865. The van der Waals surface area contributed by atoms with Gasteiger partial charge in [-0.15, -0.1) is 0 Å². The number of benzene rings is 1. The number of anilines is 1. The second-order valence-corrected chi connectivity index (χ2v) is 6.86. The topological polar surface area (TPSA) is 32.3 Å². The zero-order chi connectivity index (χ0) is 15.6. The number of fused-ring (bicyclic) bond motifs is 1. The zero-order valence-corrected chi connectivity index (χ0v) is 14.0. The lowest BCUT2D eigenvalue weighted by molar-refractivity contribution is 0.243. The van der Waals surface area contributed by atoms with Crippen molar-refractivity contribution in [2.75, 3.05) is 24.5 Å². The Morgan fingerprint density at radius 2 is 2.00 bits per heavy atom. The molecule has 0 bridgehead atoms. The molecule has 0 amide bonds. The Morgan fingerprint density at radius 3 is 2.83 bits per heavy atom. The van der Waals surface area contributed by atoms with Gasteiger partial charge in [0.1, 0.15) is 0 Å². The van der Waals surface area contributed by atoms with E-state index in [1.165, 1.54) is 29.7 Å². The van der Waals surface area contributed by atoms with Crippen LogP contribution < -0.4 is 4.90 Å². The van der Waals surface area contributed by atoms with Gasteiger partial charge in [0.25, 0.3) is 0 Å². The van der Waals surface area contributed by atoms with E-state index in [2.05, 4.69) is 20.9 Å². The molecular weight excluding hydrogens is 308 g/mol. The monoisotopic (exact) mass is 328 g/mol. The molecule has 0 aliphatic carbocycles. The average molecular weight is 329 g/mol. The van der Waals surface area contributed by atoms with Gasteiger partial charge in [0, 0.05) is 55.9 Å². The van der Waals surface area contributed by atoms with Gasteiger partial charge in [0.15, 0.2) is 0 Å². The van der Waals surface area contributed by atoms with Crippen LogP contribution in [0.4, 0.5) is 5.95 Å². The molecule has 2 aliphatic heterocycles. The third-order valence-corrected chi connectivity index (χ3v) is 4.92. The molecular formula is C18H21ClN4. The van der Waals surface area contributed by atoms with Crippen LogP contribution in [0, 0.1) is 0 Å². The minimum atomic E-state index is 0.804. The largest absolute Gasteiger partial charge is 0.341 e. The summed E-state index contributed by atoms with van der Waals surface area (Å²) in [7, 11) is 0. The van der Waals surface area contributed by atoms with Crippen LogP contribution in [0.1, 0.15) is 29.7 Å². The van der Waals surface area contributed by atoms with E-state index in [1.807, 2.05) is 24.4 Å². The van der Waals surface area contributed by atoms with Gasteiger partial charge in [0.2, 0.25) is 5.95 Å². The summed E-state index contributed by atoms with van der Waals surface area (Å²) in [5.74, 6) is 0.921. The molecule has 5 heteroatoms. The van der Waals surface area contributed by atoms with E-state index in [9.17, 15) is 0 Å². The first-order valence-corrected chi connectivity index (χ1v) is 8.72. The highest BCUT2D eigenvalue weighted by molar-refractivity contribution is 6.30. The van der Waals surface area contributed by atoms with Crippen LogP contribution in [0.25, 0.3) is 0 Å². The molecule has 0 radical (unpaired) electrons. The fraction of sp³-hybridized carbons (Fsp3) is 0.444. The normalized spacial score (nSPS) is 18.2. The zero-order valence-electron chi connectivity index (χ0n) is 13.2. The number of hydrogen-bond acceptors (Lipinski definition) is 4. The van der Waals surface area contributed by atoms with E-state index in [4.69, 9.17) is 16.6 Å². The number of nitrogens with zero attached hydrogens (tertiary/aromatic N) is 4. The minimum Gasteiger partial charge on any atom is -0.341 e. The van der Waals surface area contributed by atoms with Crippen molar-refractivity contribution in [3.63, 3.8) is 0 Å². The molecule has 2 aliphatic rings. The molecule has 3 heterocycles. The second-order valence-electron chi connectivity index (χ2n) is 6.43. The molecule has 0 atom stereocenters. The highest BCUT2D eigenvalue weighted by atomic mass is 35.5. The third-order valence-electron chi connectivity index (χ3n) is 4.68. The molecule has 4 nitrogen and oxygen atoms in total. The molecule has 120 valence electrons. The van der Waals surface area contributed by atoms with Crippen LogP contribution in [-0.2, 0) is 19.5 Å². The van der Waals surface area contributed by atoms with Gasteiger partial charge in [-0.1, -0.05) is 23.7 Å². The van der Waals surface area contributed by atoms with Crippen LogP contribution in [-0.4, -0.2) is 34.5 Å². The van der Waals surface area contributed by atoms with Gasteiger partial charge >= 0.3 is 0 Å². The van der Waals surface area contributed by atoms with Crippen molar-refractivity contribution in [1.82, 2.24) is 14.9 Å². The molecule has 0 unspecified atom stereocenters. The summed E-state index contributed by atoms with van der Waals surface area (Å²) in [6.07, 6.45) is 5.54. The van der Waals surface area contributed by atoms with Crippen molar-refractivity contribution in [2.45, 2.75) is 32.4 Å². The van der Waals surface area contributed by atoms with E-state index >= 15 is 0 Å². The molecule has 1 aromatic heterocycles. The Morgan fingerprint density at radius 1 is 1.13 bits per heavy atom. The Balaban J connectivity index is 1.47. The Bertz CT molecular complexity index is 697. The van der Waals surface area contributed by atoms with Gasteiger partial charge in [0.05, 0.1) is 5.69 Å². The molecule has 23 heavy (non-hydrogen) atoms. The predicted molar refractivity (Wildman–Crippen MR) is 92.7 cm³/mol. The first-order valence-electron chi connectivity index (χ1n) is 8.34. The second kappa shape index (κ2) is 6.46. The number of hydrogen-bond donors (Lipinski definition) is 0. The number of aromatic nitrogens is 2. The van der Waals surface area contributed by atoms with Crippen LogP contribution in [0.2, 0.25) is 5.02 Å². The number of rotatable bonds is 3. The smallest absolute Gasteiger partial charge is 0.225 e. The summed E-state index contributed by atoms with van der Waals surface area (Å²) >= 11 is 6.08. The maximum Gasteiger partial charge on any atom is 0.225 e. The Kier molecular flexibility index (Phi) is 4.19. The lowest BCUT2D eigenvalue weighted by atomic mass is 10.1. The summed E-state index contributed by atoms with van der Waals surface area (Å²) < 4.78 is 0. The van der Waals surface area contributed by atoms with E-state index in [0.717, 1.165) is 50.1 Å². The minimum absolute atomic E-state index is 0.804. The van der Waals surface area contributed by atoms with Crippen LogP contribution in [0.3, 0.4) is 0 Å². The standard InChI is InChI=1S/C18H21ClN4/c19-16-5-3-4-14(10-16)12-22-9-6-17-15(13-22)11-20-18(21-17)23-7-1-2-8-23/h3-5,10-11H,1-2,6-9,12-13H2. The summed E-state index contributed by atoms with van der Waals surface area (Å²) in [5.41, 5.74) is 3.75. The van der Waals surface area contributed by atoms with Crippen molar-refractivity contribution in [3.05, 3.63) is 52.3 Å². The SMILES string of the molecule is Clc1cccc(CN2CCc3nc(N4CCCC4)ncc3C2)c1. The fourth-order valence-corrected chi connectivity index (χ4v) is 3.67. The first-order chi connectivity index (χ1) is 11.3. The highest BCUT2D eigenvalue weighted by Gasteiger charge is 2.21. The van der Waals surface area contributed by atoms with Crippen molar-refractivity contribution >= 4 is 17.5 Å². The van der Waals surface area contributed by atoms with Gasteiger partial charge in [-0.05, 0) is 30.5 Å². The molecule has 1 saturated heterocycles. The van der Waals surface area contributed by atoms with Crippen LogP contribution >= 0.6 is 11.6 Å². The molecule has 1 fully saturated rings. The van der Waals surface area contributed by atoms with Crippen molar-refractivity contribution in [1.29, 1.82) is 0 Å². The Hall–Kier alpha value is -1.65. The van der Waals surface area contributed by atoms with Crippen LogP contribution in [0.15, 0.2) is 30.5 Å². The maximum absolute atomic E-state index is 6.08. The first kappa shape index (κ1) is 14.9. The number of halogens is 1. The summed E-state index contributed by atoms with van der Waals surface area (Å²) in [6.45, 7) is 5.07. The lowest BCUT2D eigenvalue weighted by Crippen LogP contribution is -2.31. The fourth-order valence-electron chi connectivity index (χ4n) is 3.46. The van der Waals surface area contributed by atoms with Crippen LogP contribution in [0.5, 0.6) is 0 Å². The van der Waals surface area contributed by atoms with E-state index in [0.29, 0.717) is 0 Å². The predicted octanol–water partition coefficient (Wildman–Crippen LogP) is 3.29. The lowest BCUT2D eigenvalue weighted by Gasteiger charge is -2.28. The Labute approximate surface area is 142 Å². The molecule has 2 aromatic rings. The third kappa shape index (κ3) is 3.33. The van der Waals surface area contributed by atoms with Gasteiger partial charge in [-0.2, -0.15) is 0 Å². The van der Waals surface area contributed by atoms with Crippen molar-refractivity contribution in [2.24, 2.45) is 0 Å². The van der Waals surface area contributed by atoms with E-state index in [-0.39, 0.29) is 0 Å². The van der Waals surface area contributed by atoms with Gasteiger partial charge < -0.3 is 4.90 Å². The van der Waals surface area contributed by atoms with E-state index < -0.39 is 0 Å². The molecule has 0 saturated carbocycles. The molecule has 0 spiro atoms. The van der Waals surface area contributed by atoms with E-state index in [1.54, 1.807) is 0 Å². The average Bonchev–Trinajstić information content (AvgIpc) is 3.09.